The van der Waals surface area contributed by atoms with Crippen molar-refractivity contribution in [2.75, 3.05) is 6.61 Å². The molecule has 0 radical (unpaired) electrons. The minimum Gasteiger partial charge on any atom is -0.465 e. The number of ketones is 1. The quantitative estimate of drug-likeness (QED) is 0.599. The first-order chi connectivity index (χ1) is 8.72. The van der Waals surface area contributed by atoms with Crippen molar-refractivity contribution in [2.45, 2.75) is 13.5 Å². The molecule has 1 aromatic carbocycles. The van der Waals surface area contributed by atoms with Crippen LogP contribution in [-0.2, 0) is 16.1 Å². The van der Waals surface area contributed by atoms with Crippen LogP contribution in [0.2, 0.25) is 0 Å². The van der Waals surface area contributed by atoms with Gasteiger partial charge >= 0.3 is 5.97 Å². The van der Waals surface area contributed by atoms with Gasteiger partial charge in [-0.3, -0.25) is 9.59 Å². The third-order valence-electron chi connectivity index (χ3n) is 3.32. The number of benzene rings is 1. The van der Waals surface area contributed by atoms with Crippen LogP contribution in [0, 0.1) is 5.92 Å². The summed E-state index contributed by atoms with van der Waals surface area (Å²) in [6.07, 6.45) is 0. The van der Waals surface area contributed by atoms with Crippen LogP contribution in [0.25, 0.3) is 10.9 Å². The number of fused-ring (bicyclic) bond motifs is 3. The van der Waals surface area contributed by atoms with Gasteiger partial charge in [0.05, 0.1) is 12.3 Å². The lowest BCUT2D eigenvalue weighted by Gasteiger charge is -2.07. The summed E-state index contributed by atoms with van der Waals surface area (Å²) in [5.41, 5.74) is 1.60. The average molecular weight is 243 g/mol. The SMILES string of the molecule is CCOC(=O)[C@H]1Cn2c(cc3ccccc32)C1=O. The fourth-order valence-corrected chi connectivity index (χ4v) is 2.48. The summed E-state index contributed by atoms with van der Waals surface area (Å²) < 4.78 is 6.84. The lowest BCUT2D eigenvalue weighted by molar-refractivity contribution is -0.146. The van der Waals surface area contributed by atoms with Gasteiger partial charge in [0.2, 0.25) is 0 Å². The number of rotatable bonds is 2. The molecule has 1 atom stereocenters. The molecule has 92 valence electrons. The first-order valence-corrected chi connectivity index (χ1v) is 6.01. The smallest absolute Gasteiger partial charge is 0.318 e. The van der Waals surface area contributed by atoms with Gasteiger partial charge in [0, 0.05) is 17.4 Å². The predicted octanol–water partition coefficient (Wildman–Crippen LogP) is 2.02. The third kappa shape index (κ3) is 1.45. The topological polar surface area (TPSA) is 48.3 Å². The molecule has 2 aromatic rings. The average Bonchev–Trinajstić information content (AvgIpc) is 2.88. The highest BCUT2D eigenvalue weighted by atomic mass is 16.5. The zero-order chi connectivity index (χ0) is 12.7. The van der Waals surface area contributed by atoms with Gasteiger partial charge in [-0.15, -0.1) is 0 Å². The van der Waals surface area contributed by atoms with Crippen LogP contribution in [-0.4, -0.2) is 22.9 Å². The second-order valence-electron chi connectivity index (χ2n) is 4.37. The number of aromatic nitrogens is 1. The lowest BCUT2D eigenvalue weighted by Crippen LogP contribution is -2.23. The molecule has 0 bridgehead atoms. The van der Waals surface area contributed by atoms with E-state index in [1.54, 1.807) is 6.92 Å². The highest BCUT2D eigenvalue weighted by Crippen LogP contribution is 2.29. The second-order valence-corrected chi connectivity index (χ2v) is 4.37. The Morgan fingerprint density at radius 1 is 1.44 bits per heavy atom. The van der Waals surface area contributed by atoms with Crippen molar-refractivity contribution in [3.8, 4) is 0 Å². The lowest BCUT2D eigenvalue weighted by atomic mass is 10.1. The Morgan fingerprint density at radius 2 is 2.22 bits per heavy atom. The van der Waals surface area contributed by atoms with Gasteiger partial charge in [-0.05, 0) is 19.1 Å². The molecule has 1 aromatic heterocycles. The molecule has 0 unspecified atom stereocenters. The Morgan fingerprint density at radius 3 is 3.00 bits per heavy atom. The van der Waals surface area contributed by atoms with E-state index in [9.17, 15) is 9.59 Å². The number of para-hydroxylation sites is 1. The maximum atomic E-state index is 12.2. The van der Waals surface area contributed by atoms with Gasteiger partial charge in [0.1, 0.15) is 5.92 Å². The fraction of sp³-hybridized carbons (Fsp3) is 0.286. The molecule has 0 spiro atoms. The van der Waals surface area contributed by atoms with Crippen molar-refractivity contribution in [3.63, 3.8) is 0 Å². The number of carbonyl (C=O) groups is 2. The van der Waals surface area contributed by atoms with Gasteiger partial charge in [-0.25, -0.2) is 0 Å². The molecule has 4 heteroatoms. The predicted molar refractivity (Wildman–Crippen MR) is 66.4 cm³/mol. The number of hydrogen-bond acceptors (Lipinski definition) is 3. The van der Waals surface area contributed by atoms with Gasteiger partial charge in [-0.2, -0.15) is 0 Å². The van der Waals surface area contributed by atoms with E-state index in [-0.39, 0.29) is 5.78 Å². The van der Waals surface area contributed by atoms with Crippen LogP contribution in [0.4, 0.5) is 0 Å². The normalized spacial score (nSPS) is 18.1. The summed E-state index contributed by atoms with van der Waals surface area (Å²) in [5, 5.41) is 1.03. The molecule has 1 aliphatic rings. The summed E-state index contributed by atoms with van der Waals surface area (Å²) in [6.45, 7) is 2.44. The van der Waals surface area contributed by atoms with Crippen LogP contribution in [0.1, 0.15) is 17.4 Å². The number of Topliss-reactive ketones (excluding diaryl/α,β-unsaturated/α-hetero) is 1. The zero-order valence-electron chi connectivity index (χ0n) is 10.1. The molecular formula is C14H13NO3. The van der Waals surface area contributed by atoms with Gasteiger partial charge in [0.15, 0.2) is 5.78 Å². The van der Waals surface area contributed by atoms with Crippen molar-refractivity contribution in [1.29, 1.82) is 0 Å². The molecule has 0 saturated carbocycles. The number of ether oxygens (including phenoxy) is 1. The minimum atomic E-state index is -0.676. The maximum absolute atomic E-state index is 12.2. The Bertz CT molecular complexity index is 642. The third-order valence-corrected chi connectivity index (χ3v) is 3.32. The zero-order valence-corrected chi connectivity index (χ0v) is 10.1. The largest absolute Gasteiger partial charge is 0.465 e. The van der Waals surface area contributed by atoms with E-state index >= 15 is 0 Å². The Hall–Kier alpha value is -2.10. The van der Waals surface area contributed by atoms with E-state index < -0.39 is 11.9 Å². The monoisotopic (exact) mass is 243 g/mol. The molecule has 2 heterocycles. The summed E-state index contributed by atoms with van der Waals surface area (Å²) in [5.74, 6) is -1.23. The molecule has 4 nitrogen and oxygen atoms in total. The van der Waals surface area contributed by atoms with Crippen molar-refractivity contribution < 1.29 is 14.3 Å². The summed E-state index contributed by atoms with van der Waals surface area (Å²) >= 11 is 0. The molecular weight excluding hydrogens is 230 g/mol. The number of esters is 1. The van der Waals surface area contributed by atoms with E-state index in [4.69, 9.17) is 4.74 Å². The van der Waals surface area contributed by atoms with Crippen molar-refractivity contribution in [2.24, 2.45) is 5.92 Å². The number of hydrogen-bond donors (Lipinski definition) is 0. The van der Waals surface area contributed by atoms with E-state index in [1.807, 2.05) is 34.9 Å². The summed E-state index contributed by atoms with van der Waals surface area (Å²) in [4.78, 5) is 23.9. The van der Waals surface area contributed by atoms with Crippen molar-refractivity contribution in [1.82, 2.24) is 4.57 Å². The van der Waals surface area contributed by atoms with E-state index in [0.717, 1.165) is 10.9 Å². The Balaban J connectivity index is 2.02. The first-order valence-electron chi connectivity index (χ1n) is 6.01. The van der Waals surface area contributed by atoms with E-state index in [1.165, 1.54) is 0 Å². The second kappa shape index (κ2) is 3.98. The van der Waals surface area contributed by atoms with Gasteiger partial charge in [-0.1, -0.05) is 18.2 Å². The molecule has 3 rings (SSSR count). The Kier molecular flexibility index (Phi) is 2.44. The highest BCUT2D eigenvalue weighted by molar-refractivity contribution is 6.12. The van der Waals surface area contributed by atoms with Crippen molar-refractivity contribution >= 4 is 22.7 Å². The summed E-state index contributed by atoms with van der Waals surface area (Å²) in [6, 6.07) is 9.63. The Labute approximate surface area is 104 Å². The molecule has 0 aliphatic carbocycles. The van der Waals surface area contributed by atoms with E-state index in [2.05, 4.69) is 0 Å². The van der Waals surface area contributed by atoms with Crippen LogP contribution in [0.5, 0.6) is 0 Å². The van der Waals surface area contributed by atoms with Crippen LogP contribution in [0.15, 0.2) is 30.3 Å². The molecule has 0 amide bonds. The van der Waals surface area contributed by atoms with Gasteiger partial charge in [0.25, 0.3) is 0 Å². The minimum absolute atomic E-state index is 0.135. The molecule has 18 heavy (non-hydrogen) atoms. The molecule has 0 saturated heterocycles. The fourth-order valence-electron chi connectivity index (χ4n) is 2.48. The molecule has 0 N–H and O–H groups in total. The molecule has 1 aliphatic heterocycles. The van der Waals surface area contributed by atoms with Crippen LogP contribution in [0.3, 0.4) is 0 Å². The number of carbonyl (C=O) groups excluding carboxylic acids is 2. The van der Waals surface area contributed by atoms with Crippen LogP contribution < -0.4 is 0 Å². The standard InChI is InChI=1S/C14H13NO3/c1-2-18-14(17)10-8-15-11-6-4-3-5-9(11)7-12(15)13(10)16/h3-7,10H,2,8H2,1H3/t10-/m0/s1. The molecule has 0 fully saturated rings. The highest BCUT2D eigenvalue weighted by Gasteiger charge is 2.37. The summed E-state index contributed by atoms with van der Waals surface area (Å²) in [7, 11) is 0. The first kappa shape index (κ1) is 11.0. The number of nitrogens with zero attached hydrogens (tertiary/aromatic N) is 1. The van der Waals surface area contributed by atoms with Gasteiger partial charge < -0.3 is 9.30 Å². The van der Waals surface area contributed by atoms with Crippen molar-refractivity contribution in [3.05, 3.63) is 36.0 Å². The van der Waals surface area contributed by atoms with Crippen LogP contribution >= 0.6 is 0 Å². The maximum Gasteiger partial charge on any atom is 0.318 e. The van der Waals surface area contributed by atoms with E-state index in [0.29, 0.717) is 18.8 Å².